The van der Waals surface area contributed by atoms with Gasteiger partial charge in [0.15, 0.2) is 0 Å². The Morgan fingerprint density at radius 1 is 1.38 bits per heavy atom. The fourth-order valence-electron chi connectivity index (χ4n) is 1.11. The molecule has 0 atom stereocenters. The molecule has 0 saturated heterocycles. The van der Waals surface area contributed by atoms with Crippen LogP contribution in [0, 0.1) is 0 Å². The van der Waals surface area contributed by atoms with Gasteiger partial charge in [-0.15, -0.1) is 0 Å². The van der Waals surface area contributed by atoms with Crippen molar-refractivity contribution in [3.8, 4) is 0 Å². The largest absolute Gasteiger partial charge is 0.411 e. The third-order valence-electron chi connectivity index (χ3n) is 1.90. The molecular weight excluding hydrogens is 272 g/mol. The first-order valence-corrected chi connectivity index (χ1v) is 5.63. The van der Waals surface area contributed by atoms with Crippen LogP contribution in [0.5, 0.6) is 0 Å². The third kappa shape index (κ3) is 3.34. The van der Waals surface area contributed by atoms with Crippen LogP contribution in [0.25, 0.3) is 0 Å². The van der Waals surface area contributed by atoms with Gasteiger partial charge in [-0.1, -0.05) is 38.4 Å². The Balaban J connectivity index is 3.06. The van der Waals surface area contributed by atoms with E-state index in [-0.39, 0.29) is 0 Å². The van der Waals surface area contributed by atoms with E-state index >= 15 is 0 Å². The summed E-state index contributed by atoms with van der Waals surface area (Å²) in [6.45, 7) is 3.98. The lowest BCUT2D eigenvalue weighted by Crippen LogP contribution is -2.13. The smallest absolute Gasteiger partial charge is 0.134 e. The van der Waals surface area contributed by atoms with Crippen molar-refractivity contribution in [3.05, 3.63) is 34.3 Å². The molecule has 0 bridgehead atoms. The number of benzene rings is 1. The monoisotopic (exact) mass is 284 g/mol. The van der Waals surface area contributed by atoms with Gasteiger partial charge in [-0.05, 0) is 26.0 Å². The minimum absolute atomic E-state index is 0.413. The fourth-order valence-corrected chi connectivity index (χ4v) is 1.38. The summed E-state index contributed by atoms with van der Waals surface area (Å²) in [5.74, 6) is 0. The Labute approximate surface area is 103 Å². The Kier molecular flexibility index (Phi) is 4.98. The molecule has 0 amide bonds. The molecule has 0 aliphatic heterocycles. The first kappa shape index (κ1) is 12.7. The Hall–Kier alpha value is -1.36. The zero-order chi connectivity index (χ0) is 12.0. The van der Waals surface area contributed by atoms with E-state index in [9.17, 15) is 0 Å². The van der Waals surface area contributed by atoms with E-state index < -0.39 is 0 Å². The second-order valence-electron chi connectivity index (χ2n) is 3.05. The summed E-state index contributed by atoms with van der Waals surface area (Å²) in [5, 5.41) is 15.8. The molecular formula is C11H13BrN2O2. The van der Waals surface area contributed by atoms with E-state index in [1.165, 1.54) is 0 Å². The summed E-state index contributed by atoms with van der Waals surface area (Å²) in [5.41, 5.74) is 1.78. The van der Waals surface area contributed by atoms with Crippen molar-refractivity contribution in [2.24, 2.45) is 10.3 Å². The van der Waals surface area contributed by atoms with Gasteiger partial charge in [0, 0.05) is 10.0 Å². The van der Waals surface area contributed by atoms with E-state index in [0.29, 0.717) is 18.0 Å². The normalized spacial score (nSPS) is 12.7. The van der Waals surface area contributed by atoms with Gasteiger partial charge in [0.1, 0.15) is 18.0 Å². The number of halogens is 1. The van der Waals surface area contributed by atoms with Gasteiger partial charge in [0.2, 0.25) is 0 Å². The number of hydrogen-bond donors (Lipinski definition) is 1. The third-order valence-corrected chi connectivity index (χ3v) is 2.42. The maximum atomic E-state index is 8.76. The van der Waals surface area contributed by atoms with E-state index in [4.69, 9.17) is 10.0 Å². The summed E-state index contributed by atoms with van der Waals surface area (Å²) in [6.07, 6.45) is 0. The topological polar surface area (TPSA) is 54.2 Å². The van der Waals surface area contributed by atoms with Crippen LogP contribution in [-0.4, -0.2) is 23.2 Å². The van der Waals surface area contributed by atoms with Gasteiger partial charge >= 0.3 is 0 Å². The highest BCUT2D eigenvalue weighted by molar-refractivity contribution is 9.10. The molecule has 1 aromatic carbocycles. The second-order valence-corrected chi connectivity index (χ2v) is 3.97. The van der Waals surface area contributed by atoms with Gasteiger partial charge in [-0.3, -0.25) is 0 Å². The van der Waals surface area contributed by atoms with Crippen molar-refractivity contribution in [3.63, 3.8) is 0 Å². The van der Waals surface area contributed by atoms with Gasteiger partial charge < -0.3 is 10.0 Å². The summed E-state index contributed by atoms with van der Waals surface area (Å²) in [4.78, 5) is 4.99. The van der Waals surface area contributed by atoms with Gasteiger partial charge in [0.05, 0.1) is 0 Å². The highest BCUT2D eigenvalue weighted by atomic mass is 79.9. The van der Waals surface area contributed by atoms with E-state index in [1.54, 1.807) is 6.92 Å². The zero-order valence-corrected chi connectivity index (χ0v) is 10.7. The SMILES string of the molecule is CCON=C(C(C)=NO)c1ccc(Br)cc1. The van der Waals surface area contributed by atoms with E-state index in [1.807, 2.05) is 31.2 Å². The van der Waals surface area contributed by atoms with Crippen LogP contribution in [0.3, 0.4) is 0 Å². The molecule has 0 aromatic heterocycles. The molecule has 4 nitrogen and oxygen atoms in total. The van der Waals surface area contributed by atoms with Crippen LogP contribution in [0.4, 0.5) is 0 Å². The average Bonchev–Trinajstić information content (AvgIpc) is 2.31. The standard InChI is InChI=1S/C11H13BrN2O2/c1-3-16-14-11(8(2)13-15)9-4-6-10(12)7-5-9/h4-7,15H,3H2,1-2H3. The summed E-state index contributed by atoms with van der Waals surface area (Å²) in [6, 6.07) is 7.52. The van der Waals surface area contributed by atoms with Gasteiger partial charge in [-0.25, -0.2) is 0 Å². The number of hydrogen-bond acceptors (Lipinski definition) is 4. The maximum Gasteiger partial charge on any atom is 0.134 e. The minimum Gasteiger partial charge on any atom is -0.411 e. The molecule has 0 unspecified atom stereocenters. The van der Waals surface area contributed by atoms with Crippen LogP contribution >= 0.6 is 15.9 Å². The van der Waals surface area contributed by atoms with Crippen molar-refractivity contribution in [1.29, 1.82) is 0 Å². The molecule has 0 saturated carbocycles. The first-order valence-electron chi connectivity index (χ1n) is 4.84. The molecule has 86 valence electrons. The van der Waals surface area contributed by atoms with Crippen LogP contribution in [-0.2, 0) is 4.84 Å². The van der Waals surface area contributed by atoms with E-state index in [2.05, 4.69) is 26.2 Å². The summed E-state index contributed by atoms with van der Waals surface area (Å²) >= 11 is 3.35. The van der Waals surface area contributed by atoms with Crippen molar-refractivity contribution in [2.45, 2.75) is 13.8 Å². The number of nitrogens with zero attached hydrogens (tertiary/aromatic N) is 2. The average molecular weight is 285 g/mol. The zero-order valence-electron chi connectivity index (χ0n) is 9.14. The number of oxime groups is 2. The lowest BCUT2D eigenvalue weighted by Gasteiger charge is -2.04. The Morgan fingerprint density at radius 2 is 2.00 bits per heavy atom. The molecule has 0 radical (unpaired) electrons. The fraction of sp³-hybridized carbons (Fsp3) is 0.273. The number of rotatable bonds is 4. The quantitative estimate of drug-likeness (QED) is 0.525. The molecule has 0 spiro atoms. The molecule has 0 aliphatic rings. The highest BCUT2D eigenvalue weighted by Gasteiger charge is 2.08. The van der Waals surface area contributed by atoms with E-state index in [0.717, 1.165) is 10.0 Å². The van der Waals surface area contributed by atoms with Gasteiger partial charge in [0.25, 0.3) is 0 Å². The Bertz CT molecular complexity index is 399. The Morgan fingerprint density at radius 3 is 2.50 bits per heavy atom. The van der Waals surface area contributed by atoms with Crippen LogP contribution < -0.4 is 0 Å². The molecule has 0 aliphatic carbocycles. The maximum absolute atomic E-state index is 8.76. The highest BCUT2D eigenvalue weighted by Crippen LogP contribution is 2.12. The van der Waals surface area contributed by atoms with Crippen molar-refractivity contribution in [2.75, 3.05) is 6.61 Å². The van der Waals surface area contributed by atoms with Crippen LogP contribution in [0.2, 0.25) is 0 Å². The van der Waals surface area contributed by atoms with Crippen molar-refractivity contribution < 1.29 is 10.0 Å². The van der Waals surface area contributed by atoms with Crippen LogP contribution in [0.15, 0.2) is 39.0 Å². The molecule has 0 fully saturated rings. The predicted octanol–water partition coefficient (Wildman–Crippen LogP) is 3.04. The molecule has 0 heterocycles. The summed E-state index contributed by atoms with van der Waals surface area (Å²) in [7, 11) is 0. The first-order chi connectivity index (χ1) is 7.69. The second kappa shape index (κ2) is 6.27. The van der Waals surface area contributed by atoms with Crippen LogP contribution in [0.1, 0.15) is 19.4 Å². The molecule has 16 heavy (non-hydrogen) atoms. The molecule has 1 aromatic rings. The summed E-state index contributed by atoms with van der Waals surface area (Å²) < 4.78 is 0.977. The predicted molar refractivity (Wildman–Crippen MR) is 67.2 cm³/mol. The van der Waals surface area contributed by atoms with Gasteiger partial charge in [-0.2, -0.15) is 0 Å². The minimum atomic E-state index is 0.413. The molecule has 5 heteroatoms. The molecule has 1 N–H and O–H groups in total. The van der Waals surface area contributed by atoms with Crippen molar-refractivity contribution in [1.82, 2.24) is 0 Å². The lowest BCUT2D eigenvalue weighted by atomic mass is 10.1. The molecule has 1 rings (SSSR count). The van der Waals surface area contributed by atoms with Crippen molar-refractivity contribution >= 4 is 27.4 Å². The lowest BCUT2D eigenvalue weighted by molar-refractivity contribution is 0.159.